The molecule has 0 saturated carbocycles. The van der Waals surface area contributed by atoms with Crippen LogP contribution in [0.15, 0.2) is 48.5 Å². The van der Waals surface area contributed by atoms with Crippen molar-refractivity contribution in [3.63, 3.8) is 0 Å². The summed E-state index contributed by atoms with van der Waals surface area (Å²) in [5.41, 5.74) is 2.53. The quantitative estimate of drug-likeness (QED) is 0.867. The number of nitrogens with zero attached hydrogens (tertiary/aromatic N) is 2. The van der Waals surface area contributed by atoms with Crippen molar-refractivity contribution < 1.29 is 9.47 Å². The standard InChI is InChI=1S/C20H24N2O2/c1-23-20-9-5-3-7-18(20)22-12-10-21(11-13-22)17-14-16-6-2-4-8-19(16)24-15-17/h2-9,17H,10-15H2,1H3/t17-/m0/s1. The van der Waals surface area contributed by atoms with E-state index in [-0.39, 0.29) is 0 Å². The highest BCUT2D eigenvalue weighted by atomic mass is 16.5. The van der Waals surface area contributed by atoms with Crippen molar-refractivity contribution in [2.75, 3.05) is 44.8 Å². The Labute approximate surface area is 143 Å². The fraction of sp³-hybridized carbons (Fsp3) is 0.400. The maximum absolute atomic E-state index is 5.96. The molecule has 0 aromatic heterocycles. The molecule has 2 aromatic rings. The van der Waals surface area contributed by atoms with E-state index in [1.54, 1.807) is 7.11 Å². The van der Waals surface area contributed by atoms with Gasteiger partial charge in [0.1, 0.15) is 18.1 Å². The zero-order valence-electron chi connectivity index (χ0n) is 14.1. The van der Waals surface area contributed by atoms with Crippen LogP contribution in [0.3, 0.4) is 0 Å². The van der Waals surface area contributed by atoms with E-state index >= 15 is 0 Å². The third-order valence-corrected chi connectivity index (χ3v) is 5.12. The molecule has 2 heterocycles. The maximum Gasteiger partial charge on any atom is 0.142 e. The van der Waals surface area contributed by atoms with Gasteiger partial charge >= 0.3 is 0 Å². The van der Waals surface area contributed by atoms with Crippen LogP contribution in [0.1, 0.15) is 5.56 Å². The van der Waals surface area contributed by atoms with Crippen LogP contribution in [0.5, 0.6) is 11.5 Å². The number of ether oxygens (including phenoxy) is 2. The molecular weight excluding hydrogens is 300 g/mol. The lowest BCUT2D eigenvalue weighted by atomic mass is 10.0. The van der Waals surface area contributed by atoms with Crippen LogP contribution in [0.25, 0.3) is 0 Å². The summed E-state index contributed by atoms with van der Waals surface area (Å²) in [6.45, 7) is 4.98. The van der Waals surface area contributed by atoms with Crippen LogP contribution in [0.4, 0.5) is 5.69 Å². The average Bonchev–Trinajstić information content (AvgIpc) is 2.67. The van der Waals surface area contributed by atoms with Gasteiger partial charge < -0.3 is 14.4 Å². The van der Waals surface area contributed by atoms with Gasteiger partial charge in [-0.15, -0.1) is 0 Å². The van der Waals surface area contributed by atoms with Crippen molar-refractivity contribution in [1.29, 1.82) is 0 Å². The molecule has 24 heavy (non-hydrogen) atoms. The van der Waals surface area contributed by atoms with Crippen LogP contribution in [0, 0.1) is 0 Å². The smallest absolute Gasteiger partial charge is 0.142 e. The summed E-state index contributed by atoms with van der Waals surface area (Å²) in [5, 5.41) is 0. The van der Waals surface area contributed by atoms with Gasteiger partial charge in [0.25, 0.3) is 0 Å². The number of para-hydroxylation sites is 3. The van der Waals surface area contributed by atoms with Crippen molar-refractivity contribution >= 4 is 5.69 Å². The monoisotopic (exact) mass is 324 g/mol. The summed E-state index contributed by atoms with van der Waals surface area (Å²) in [7, 11) is 1.74. The van der Waals surface area contributed by atoms with Crippen LogP contribution in [-0.4, -0.2) is 50.8 Å². The molecule has 0 unspecified atom stereocenters. The van der Waals surface area contributed by atoms with Gasteiger partial charge in [0.15, 0.2) is 0 Å². The largest absolute Gasteiger partial charge is 0.495 e. The number of rotatable bonds is 3. The molecule has 1 atom stereocenters. The minimum atomic E-state index is 0.486. The summed E-state index contributed by atoms with van der Waals surface area (Å²) >= 11 is 0. The van der Waals surface area contributed by atoms with Gasteiger partial charge in [0, 0.05) is 32.2 Å². The van der Waals surface area contributed by atoms with Crippen LogP contribution < -0.4 is 14.4 Å². The molecule has 0 N–H and O–H groups in total. The Kier molecular flexibility index (Phi) is 4.30. The number of fused-ring (bicyclic) bond motifs is 1. The lowest BCUT2D eigenvalue weighted by Gasteiger charge is -2.41. The Bertz CT molecular complexity index is 696. The summed E-state index contributed by atoms with van der Waals surface area (Å²) in [6, 6.07) is 17.2. The van der Waals surface area contributed by atoms with E-state index < -0.39 is 0 Å². The number of hydrogen-bond donors (Lipinski definition) is 0. The minimum absolute atomic E-state index is 0.486. The second-order valence-corrected chi connectivity index (χ2v) is 6.47. The van der Waals surface area contributed by atoms with Crippen molar-refractivity contribution in [3.05, 3.63) is 54.1 Å². The lowest BCUT2D eigenvalue weighted by molar-refractivity contribution is 0.113. The molecule has 1 fully saturated rings. The number of anilines is 1. The predicted octanol–water partition coefficient (Wildman–Crippen LogP) is 2.82. The Balaban J connectivity index is 1.40. The minimum Gasteiger partial charge on any atom is -0.495 e. The Morgan fingerprint density at radius 1 is 0.958 bits per heavy atom. The summed E-state index contributed by atoms with van der Waals surface area (Å²) in [4.78, 5) is 4.99. The summed E-state index contributed by atoms with van der Waals surface area (Å²) in [5.74, 6) is 2.02. The van der Waals surface area contributed by atoms with E-state index in [4.69, 9.17) is 9.47 Å². The molecule has 0 spiro atoms. The first-order valence-electron chi connectivity index (χ1n) is 8.68. The highest BCUT2D eigenvalue weighted by molar-refractivity contribution is 5.58. The molecule has 4 heteroatoms. The van der Waals surface area contributed by atoms with Gasteiger partial charge in [-0.3, -0.25) is 4.90 Å². The Morgan fingerprint density at radius 2 is 1.71 bits per heavy atom. The molecule has 4 nitrogen and oxygen atoms in total. The van der Waals surface area contributed by atoms with Crippen LogP contribution >= 0.6 is 0 Å². The molecule has 0 amide bonds. The van der Waals surface area contributed by atoms with Crippen LogP contribution in [0.2, 0.25) is 0 Å². The average molecular weight is 324 g/mol. The van der Waals surface area contributed by atoms with E-state index in [1.165, 1.54) is 11.3 Å². The van der Waals surface area contributed by atoms with Gasteiger partial charge in [-0.05, 0) is 30.2 Å². The van der Waals surface area contributed by atoms with E-state index in [0.717, 1.165) is 50.7 Å². The third-order valence-electron chi connectivity index (χ3n) is 5.12. The maximum atomic E-state index is 5.96. The van der Waals surface area contributed by atoms with Crippen molar-refractivity contribution in [2.45, 2.75) is 12.5 Å². The molecule has 4 rings (SSSR count). The van der Waals surface area contributed by atoms with Gasteiger partial charge in [-0.25, -0.2) is 0 Å². The van der Waals surface area contributed by atoms with E-state index in [1.807, 2.05) is 18.2 Å². The zero-order valence-corrected chi connectivity index (χ0v) is 14.1. The molecule has 126 valence electrons. The highest BCUT2D eigenvalue weighted by Gasteiger charge is 2.28. The second kappa shape index (κ2) is 6.73. The number of hydrogen-bond acceptors (Lipinski definition) is 4. The van der Waals surface area contributed by atoms with Crippen molar-refractivity contribution in [3.8, 4) is 11.5 Å². The number of piperazine rings is 1. The summed E-state index contributed by atoms with van der Waals surface area (Å²) < 4.78 is 11.5. The normalized spacial score (nSPS) is 21.0. The molecule has 2 aliphatic rings. The van der Waals surface area contributed by atoms with E-state index in [0.29, 0.717) is 6.04 Å². The first-order valence-corrected chi connectivity index (χ1v) is 8.68. The third kappa shape index (κ3) is 2.94. The molecule has 0 aliphatic carbocycles. The molecule has 1 saturated heterocycles. The zero-order chi connectivity index (χ0) is 16.4. The molecule has 2 aromatic carbocycles. The molecule has 0 radical (unpaired) electrons. The first kappa shape index (κ1) is 15.3. The second-order valence-electron chi connectivity index (χ2n) is 6.47. The fourth-order valence-electron chi connectivity index (χ4n) is 3.77. The highest BCUT2D eigenvalue weighted by Crippen LogP contribution is 2.30. The predicted molar refractivity (Wildman–Crippen MR) is 96.2 cm³/mol. The van der Waals surface area contributed by atoms with Crippen molar-refractivity contribution in [2.24, 2.45) is 0 Å². The van der Waals surface area contributed by atoms with Crippen molar-refractivity contribution in [1.82, 2.24) is 4.90 Å². The number of benzene rings is 2. The van der Waals surface area contributed by atoms with E-state index in [2.05, 4.69) is 40.1 Å². The van der Waals surface area contributed by atoms with Gasteiger partial charge in [0.05, 0.1) is 12.8 Å². The lowest BCUT2D eigenvalue weighted by Crippen LogP contribution is -2.53. The fourth-order valence-corrected chi connectivity index (χ4v) is 3.77. The van der Waals surface area contributed by atoms with Gasteiger partial charge in [0.2, 0.25) is 0 Å². The molecular formula is C20H24N2O2. The van der Waals surface area contributed by atoms with Crippen LogP contribution in [-0.2, 0) is 6.42 Å². The molecule has 2 aliphatic heterocycles. The topological polar surface area (TPSA) is 24.9 Å². The number of methoxy groups -OCH3 is 1. The first-order chi connectivity index (χ1) is 11.8. The SMILES string of the molecule is COc1ccccc1N1CCN([C@@H]2COc3ccccc3C2)CC1. The Morgan fingerprint density at radius 3 is 2.54 bits per heavy atom. The van der Waals surface area contributed by atoms with E-state index in [9.17, 15) is 0 Å². The van der Waals surface area contributed by atoms with Gasteiger partial charge in [-0.2, -0.15) is 0 Å². The Hall–Kier alpha value is -2.20. The van der Waals surface area contributed by atoms with Gasteiger partial charge in [-0.1, -0.05) is 30.3 Å². The molecule has 0 bridgehead atoms. The summed E-state index contributed by atoms with van der Waals surface area (Å²) in [6.07, 6.45) is 1.09.